The highest BCUT2D eigenvalue weighted by atomic mass is 16.5. The second-order valence-corrected chi connectivity index (χ2v) is 4.13. The molecule has 0 aliphatic rings. The van der Waals surface area contributed by atoms with Crippen LogP contribution in [-0.4, -0.2) is 35.3 Å². The molecule has 0 fully saturated rings. The van der Waals surface area contributed by atoms with Crippen LogP contribution in [-0.2, 0) is 11.2 Å². The number of carboxylic acid groups (broad SMARTS) is 1. The van der Waals surface area contributed by atoms with E-state index in [-0.39, 0.29) is 18.5 Å². The van der Waals surface area contributed by atoms with E-state index in [4.69, 9.17) is 14.6 Å². The van der Waals surface area contributed by atoms with Crippen molar-refractivity contribution in [2.75, 3.05) is 14.2 Å². The zero-order chi connectivity index (χ0) is 14.7. The third-order valence-electron chi connectivity index (χ3n) is 2.84. The summed E-state index contributed by atoms with van der Waals surface area (Å²) in [5.41, 5.74) is 0.812. The summed E-state index contributed by atoms with van der Waals surface area (Å²) >= 11 is 0. The Morgan fingerprint density at radius 3 is 2.55 bits per heavy atom. The number of hydrogen-bond acceptors (Lipinski definition) is 5. The van der Waals surface area contributed by atoms with E-state index >= 15 is 0 Å². The average Bonchev–Trinajstić information content (AvgIpc) is 2.43. The molecule has 0 aliphatic heterocycles. The Morgan fingerprint density at radius 1 is 1.30 bits per heavy atom. The van der Waals surface area contributed by atoms with Gasteiger partial charge in [0.2, 0.25) is 0 Å². The number of methoxy groups -OCH3 is 2. The Balaban J connectivity index is 2.52. The van der Waals surface area contributed by atoms with E-state index in [9.17, 15) is 9.59 Å². The lowest BCUT2D eigenvalue weighted by molar-refractivity contribution is -0.136. The summed E-state index contributed by atoms with van der Waals surface area (Å²) in [4.78, 5) is 29.2. The van der Waals surface area contributed by atoms with Gasteiger partial charge < -0.3 is 19.6 Å². The highest BCUT2D eigenvalue weighted by Crippen LogP contribution is 2.30. The fourth-order valence-electron chi connectivity index (χ4n) is 1.85. The number of carboxylic acids is 1. The standard InChI is InChI=1S/C13H14N2O5/c1-19-10-5-8-9(6-11(10)20-2)15-13(18)7(14-8)3-4-12(16)17/h5-6H,3-4H2,1-2H3,(H,15,18)(H,16,17). The van der Waals surface area contributed by atoms with Gasteiger partial charge in [-0.2, -0.15) is 0 Å². The van der Waals surface area contributed by atoms with E-state index in [0.29, 0.717) is 22.5 Å². The minimum atomic E-state index is -0.974. The normalized spacial score (nSPS) is 10.5. The molecule has 106 valence electrons. The van der Waals surface area contributed by atoms with Crippen LogP contribution >= 0.6 is 0 Å². The lowest BCUT2D eigenvalue weighted by atomic mass is 10.2. The van der Waals surface area contributed by atoms with Gasteiger partial charge in [-0.15, -0.1) is 0 Å². The van der Waals surface area contributed by atoms with Gasteiger partial charge >= 0.3 is 5.97 Å². The number of rotatable bonds is 5. The number of aromatic amines is 1. The molecule has 1 aromatic carbocycles. The van der Waals surface area contributed by atoms with E-state index in [1.54, 1.807) is 12.1 Å². The minimum Gasteiger partial charge on any atom is -0.493 e. The van der Waals surface area contributed by atoms with E-state index in [2.05, 4.69) is 9.97 Å². The van der Waals surface area contributed by atoms with Crippen LogP contribution in [0.25, 0.3) is 11.0 Å². The molecule has 0 atom stereocenters. The molecule has 0 aliphatic carbocycles. The summed E-state index contributed by atoms with van der Waals surface area (Å²) in [5.74, 6) is -0.00178. The second-order valence-electron chi connectivity index (χ2n) is 4.13. The van der Waals surface area contributed by atoms with E-state index in [1.807, 2.05) is 0 Å². The van der Waals surface area contributed by atoms with Gasteiger partial charge in [-0.25, -0.2) is 4.98 Å². The third kappa shape index (κ3) is 2.71. The van der Waals surface area contributed by atoms with Crippen LogP contribution < -0.4 is 15.0 Å². The van der Waals surface area contributed by atoms with Crippen molar-refractivity contribution in [2.45, 2.75) is 12.8 Å². The van der Waals surface area contributed by atoms with Gasteiger partial charge in [0.05, 0.1) is 31.7 Å². The van der Waals surface area contributed by atoms with Crippen molar-refractivity contribution in [1.82, 2.24) is 9.97 Å². The lowest BCUT2D eigenvalue weighted by Gasteiger charge is -2.09. The molecule has 2 aromatic rings. The molecule has 0 saturated heterocycles. The first-order valence-corrected chi connectivity index (χ1v) is 5.92. The van der Waals surface area contributed by atoms with Gasteiger partial charge in [0.1, 0.15) is 5.69 Å². The average molecular weight is 278 g/mol. The van der Waals surface area contributed by atoms with E-state index < -0.39 is 11.5 Å². The van der Waals surface area contributed by atoms with Crippen LogP contribution in [0, 0.1) is 0 Å². The second kappa shape index (κ2) is 5.60. The van der Waals surface area contributed by atoms with Crippen LogP contribution in [0.3, 0.4) is 0 Å². The predicted molar refractivity (Wildman–Crippen MR) is 71.4 cm³/mol. The Kier molecular flexibility index (Phi) is 3.88. The smallest absolute Gasteiger partial charge is 0.303 e. The number of aryl methyl sites for hydroxylation is 1. The van der Waals surface area contributed by atoms with Crippen molar-refractivity contribution in [3.63, 3.8) is 0 Å². The number of aromatic nitrogens is 2. The van der Waals surface area contributed by atoms with Gasteiger partial charge in [-0.1, -0.05) is 0 Å². The van der Waals surface area contributed by atoms with Crippen LogP contribution in [0.1, 0.15) is 12.1 Å². The quantitative estimate of drug-likeness (QED) is 0.844. The van der Waals surface area contributed by atoms with Gasteiger partial charge in [-0.05, 0) is 0 Å². The number of fused-ring (bicyclic) bond motifs is 1. The Labute approximate surface area is 114 Å². The van der Waals surface area contributed by atoms with Gasteiger partial charge in [0.15, 0.2) is 11.5 Å². The largest absolute Gasteiger partial charge is 0.493 e. The summed E-state index contributed by atoms with van der Waals surface area (Å²) in [6.45, 7) is 0. The summed E-state index contributed by atoms with van der Waals surface area (Å²) in [6, 6.07) is 3.25. The number of nitrogens with one attached hydrogen (secondary N) is 1. The zero-order valence-electron chi connectivity index (χ0n) is 11.1. The van der Waals surface area contributed by atoms with Crippen molar-refractivity contribution in [1.29, 1.82) is 0 Å². The Hall–Kier alpha value is -2.57. The van der Waals surface area contributed by atoms with Crippen molar-refractivity contribution in [3.8, 4) is 11.5 Å². The molecule has 2 rings (SSSR count). The highest BCUT2D eigenvalue weighted by Gasteiger charge is 2.11. The topological polar surface area (TPSA) is 102 Å². The molecule has 0 bridgehead atoms. The van der Waals surface area contributed by atoms with Crippen molar-refractivity contribution >= 4 is 17.0 Å². The fourth-order valence-corrected chi connectivity index (χ4v) is 1.85. The molecule has 2 N–H and O–H groups in total. The maximum Gasteiger partial charge on any atom is 0.303 e. The van der Waals surface area contributed by atoms with Gasteiger partial charge in [0.25, 0.3) is 5.56 Å². The molecular weight excluding hydrogens is 264 g/mol. The van der Waals surface area contributed by atoms with Crippen LogP contribution in [0.4, 0.5) is 0 Å². The molecule has 7 heteroatoms. The first kappa shape index (κ1) is 13.9. The summed E-state index contributed by atoms with van der Waals surface area (Å²) in [6.07, 6.45) is -0.0656. The summed E-state index contributed by atoms with van der Waals surface area (Å²) in [5, 5.41) is 8.65. The lowest BCUT2D eigenvalue weighted by Crippen LogP contribution is -2.16. The maximum absolute atomic E-state index is 11.8. The third-order valence-corrected chi connectivity index (χ3v) is 2.84. The maximum atomic E-state index is 11.8. The first-order valence-electron chi connectivity index (χ1n) is 5.92. The number of carbonyl (C=O) groups is 1. The number of aliphatic carboxylic acids is 1. The predicted octanol–water partition coefficient (Wildman–Crippen LogP) is 0.957. The molecule has 0 radical (unpaired) electrons. The van der Waals surface area contributed by atoms with Crippen LogP contribution in [0.15, 0.2) is 16.9 Å². The van der Waals surface area contributed by atoms with Crippen molar-refractivity contribution < 1.29 is 19.4 Å². The summed E-state index contributed by atoms with van der Waals surface area (Å²) in [7, 11) is 3.00. The number of hydrogen-bond donors (Lipinski definition) is 2. The number of nitrogens with zero attached hydrogens (tertiary/aromatic N) is 1. The van der Waals surface area contributed by atoms with E-state index in [0.717, 1.165) is 0 Å². The number of H-pyrrole nitrogens is 1. The van der Waals surface area contributed by atoms with Crippen LogP contribution in [0.2, 0.25) is 0 Å². The first-order chi connectivity index (χ1) is 9.55. The molecule has 0 spiro atoms. The highest BCUT2D eigenvalue weighted by molar-refractivity contribution is 5.79. The molecule has 20 heavy (non-hydrogen) atoms. The van der Waals surface area contributed by atoms with E-state index in [1.165, 1.54) is 14.2 Å². The number of ether oxygens (including phenoxy) is 2. The molecule has 0 saturated carbocycles. The summed E-state index contributed by atoms with van der Waals surface area (Å²) < 4.78 is 10.3. The molecular formula is C13H14N2O5. The van der Waals surface area contributed by atoms with Gasteiger partial charge in [-0.3, -0.25) is 9.59 Å². The molecule has 7 nitrogen and oxygen atoms in total. The minimum absolute atomic E-state index is 0.0783. The monoisotopic (exact) mass is 278 g/mol. The number of benzene rings is 1. The molecule has 0 amide bonds. The fraction of sp³-hybridized carbons (Fsp3) is 0.308. The van der Waals surface area contributed by atoms with Crippen LogP contribution in [0.5, 0.6) is 11.5 Å². The van der Waals surface area contributed by atoms with Crippen molar-refractivity contribution in [2.24, 2.45) is 0 Å². The SMILES string of the molecule is COc1cc2nc(CCC(=O)O)c(=O)[nH]c2cc1OC. The Morgan fingerprint density at radius 2 is 1.95 bits per heavy atom. The Bertz CT molecular complexity index is 708. The zero-order valence-corrected chi connectivity index (χ0v) is 11.1. The van der Waals surface area contributed by atoms with Crippen molar-refractivity contribution in [3.05, 3.63) is 28.2 Å². The molecule has 0 unspecified atom stereocenters. The van der Waals surface area contributed by atoms with Gasteiger partial charge in [0, 0.05) is 18.6 Å². The molecule has 1 heterocycles. The molecule has 1 aromatic heterocycles.